The number of hydrogen-bond acceptors (Lipinski definition) is 7. The summed E-state index contributed by atoms with van der Waals surface area (Å²) in [6.07, 6.45) is 6.82. The van der Waals surface area contributed by atoms with Gasteiger partial charge in [0.2, 0.25) is 0 Å². The Bertz CT molecular complexity index is 612. The minimum absolute atomic E-state index is 0.245. The number of hydrogen-bond donors (Lipinski definition) is 0. The number of nitrogens with zero attached hydrogens (tertiary/aromatic N) is 7. The summed E-state index contributed by atoms with van der Waals surface area (Å²) in [7, 11) is 0. The van der Waals surface area contributed by atoms with E-state index >= 15 is 0 Å². The van der Waals surface area contributed by atoms with Crippen LogP contribution < -0.4 is 4.90 Å². The first-order valence-electron chi connectivity index (χ1n) is 5.73. The Kier molecular flexibility index (Phi) is 3.05. The summed E-state index contributed by atoms with van der Waals surface area (Å²) < 4.78 is 0. The molecule has 3 rings (SSSR count). The summed E-state index contributed by atoms with van der Waals surface area (Å²) in [4.78, 5) is 12.3. The lowest BCUT2D eigenvalue weighted by atomic mass is 10.1. The Balaban J connectivity index is 1.79. The van der Waals surface area contributed by atoms with Gasteiger partial charge in [0.25, 0.3) is 0 Å². The average Bonchev–Trinajstić information content (AvgIpc) is 2.90. The van der Waals surface area contributed by atoms with Crippen molar-refractivity contribution in [1.29, 1.82) is 5.26 Å². The summed E-state index contributed by atoms with van der Waals surface area (Å²) in [6.45, 7) is 1.52. The topological polar surface area (TPSA) is 83.5 Å². The van der Waals surface area contributed by atoms with E-state index in [2.05, 4.69) is 26.2 Å². The molecule has 8 heteroatoms. The summed E-state index contributed by atoms with van der Waals surface area (Å²) >= 11 is 1.46. The minimum atomic E-state index is 0.245. The van der Waals surface area contributed by atoms with Crippen LogP contribution in [-0.4, -0.2) is 44.3 Å². The van der Waals surface area contributed by atoms with Gasteiger partial charge in [-0.3, -0.25) is 0 Å². The molecule has 2 aromatic rings. The predicted octanol–water partition coefficient (Wildman–Crippen LogP) is 0.723. The molecule has 0 N–H and O–H groups in total. The predicted molar refractivity (Wildman–Crippen MR) is 69.8 cm³/mol. The largest absolute Gasteiger partial charge is 0.351 e. The number of aromatic nitrogens is 5. The van der Waals surface area contributed by atoms with Crippen LogP contribution in [0.15, 0.2) is 23.7 Å². The van der Waals surface area contributed by atoms with Crippen LogP contribution in [-0.2, 0) is 0 Å². The standard InChI is InChI=1S/C11H11N7S/c1-19-11-13-5-8(4-12)10(16-11)17-6-9(7-17)18-14-2-3-15-18/h2-3,5,9H,6-7H2,1H3. The van der Waals surface area contributed by atoms with E-state index in [1.165, 1.54) is 11.8 Å². The highest BCUT2D eigenvalue weighted by Crippen LogP contribution is 2.28. The van der Waals surface area contributed by atoms with E-state index in [4.69, 9.17) is 5.26 Å². The molecule has 0 spiro atoms. The second-order valence-electron chi connectivity index (χ2n) is 4.11. The third-order valence-electron chi connectivity index (χ3n) is 2.97. The molecule has 0 unspecified atom stereocenters. The second kappa shape index (κ2) is 4.85. The Morgan fingerprint density at radius 3 is 2.74 bits per heavy atom. The van der Waals surface area contributed by atoms with Gasteiger partial charge in [-0.1, -0.05) is 11.8 Å². The van der Waals surface area contributed by atoms with E-state index in [0.29, 0.717) is 16.5 Å². The fraction of sp³-hybridized carbons (Fsp3) is 0.364. The van der Waals surface area contributed by atoms with Crippen LogP contribution in [0.25, 0.3) is 0 Å². The molecule has 1 aliphatic heterocycles. The van der Waals surface area contributed by atoms with Crippen LogP contribution in [0.1, 0.15) is 11.6 Å². The van der Waals surface area contributed by atoms with Crippen molar-refractivity contribution in [2.45, 2.75) is 11.2 Å². The molecule has 0 atom stereocenters. The first-order chi connectivity index (χ1) is 9.31. The molecule has 3 heterocycles. The van der Waals surface area contributed by atoms with Gasteiger partial charge in [0.1, 0.15) is 17.7 Å². The van der Waals surface area contributed by atoms with Gasteiger partial charge in [-0.2, -0.15) is 20.3 Å². The highest BCUT2D eigenvalue weighted by atomic mass is 32.2. The van der Waals surface area contributed by atoms with Crippen molar-refractivity contribution in [3.63, 3.8) is 0 Å². The van der Waals surface area contributed by atoms with E-state index < -0.39 is 0 Å². The molecule has 1 aliphatic rings. The Hall–Kier alpha value is -2.14. The van der Waals surface area contributed by atoms with Gasteiger partial charge in [-0.05, 0) is 6.26 Å². The van der Waals surface area contributed by atoms with Gasteiger partial charge in [0.15, 0.2) is 11.0 Å². The molecule has 2 aromatic heterocycles. The van der Waals surface area contributed by atoms with Crippen LogP contribution in [0.5, 0.6) is 0 Å². The first-order valence-corrected chi connectivity index (χ1v) is 6.96. The Morgan fingerprint density at radius 1 is 1.37 bits per heavy atom. The maximum Gasteiger partial charge on any atom is 0.189 e. The van der Waals surface area contributed by atoms with Crippen molar-refractivity contribution >= 4 is 17.6 Å². The number of nitriles is 1. The zero-order valence-corrected chi connectivity index (χ0v) is 11.1. The second-order valence-corrected chi connectivity index (χ2v) is 4.89. The highest BCUT2D eigenvalue weighted by Gasteiger charge is 2.32. The van der Waals surface area contributed by atoms with Gasteiger partial charge < -0.3 is 4.90 Å². The maximum absolute atomic E-state index is 9.11. The fourth-order valence-electron chi connectivity index (χ4n) is 1.96. The monoisotopic (exact) mass is 273 g/mol. The summed E-state index contributed by atoms with van der Waals surface area (Å²) in [5.41, 5.74) is 0.504. The van der Waals surface area contributed by atoms with Crippen molar-refractivity contribution in [2.75, 3.05) is 24.2 Å². The SMILES string of the molecule is CSc1ncc(C#N)c(N2CC(n3nccn3)C2)n1. The van der Waals surface area contributed by atoms with Crippen LogP contribution in [0.2, 0.25) is 0 Å². The average molecular weight is 273 g/mol. The molecule has 96 valence electrons. The summed E-state index contributed by atoms with van der Waals surface area (Å²) in [5, 5.41) is 18.0. The van der Waals surface area contributed by atoms with Gasteiger partial charge >= 0.3 is 0 Å². The van der Waals surface area contributed by atoms with Crippen molar-refractivity contribution in [1.82, 2.24) is 25.0 Å². The molecule has 1 fully saturated rings. The van der Waals surface area contributed by atoms with Gasteiger partial charge in [-0.15, -0.1) is 0 Å². The number of thioether (sulfide) groups is 1. The van der Waals surface area contributed by atoms with E-state index in [9.17, 15) is 0 Å². The minimum Gasteiger partial charge on any atom is -0.351 e. The van der Waals surface area contributed by atoms with Crippen LogP contribution in [0, 0.1) is 11.3 Å². The van der Waals surface area contributed by atoms with E-state index in [0.717, 1.165) is 13.1 Å². The number of anilines is 1. The maximum atomic E-state index is 9.11. The quantitative estimate of drug-likeness (QED) is 0.602. The molecule has 19 heavy (non-hydrogen) atoms. The fourth-order valence-corrected chi connectivity index (χ4v) is 2.30. The van der Waals surface area contributed by atoms with Crippen LogP contribution in [0.3, 0.4) is 0 Å². The Morgan fingerprint density at radius 2 is 2.11 bits per heavy atom. The van der Waals surface area contributed by atoms with Crippen LogP contribution >= 0.6 is 11.8 Å². The first kappa shape index (κ1) is 11.9. The molecular formula is C11H11N7S. The highest BCUT2D eigenvalue weighted by molar-refractivity contribution is 7.98. The Labute approximate surface area is 114 Å². The van der Waals surface area contributed by atoms with Crippen molar-refractivity contribution < 1.29 is 0 Å². The smallest absolute Gasteiger partial charge is 0.189 e. The molecule has 7 nitrogen and oxygen atoms in total. The van der Waals surface area contributed by atoms with Gasteiger partial charge in [0, 0.05) is 13.1 Å². The third kappa shape index (κ3) is 2.13. The molecule has 0 aliphatic carbocycles. The molecule has 0 radical (unpaired) electrons. The number of rotatable bonds is 3. The van der Waals surface area contributed by atoms with Crippen molar-refractivity contribution in [2.24, 2.45) is 0 Å². The molecule has 0 aromatic carbocycles. The lowest BCUT2D eigenvalue weighted by Crippen LogP contribution is -2.49. The zero-order chi connectivity index (χ0) is 13.2. The van der Waals surface area contributed by atoms with E-state index in [1.54, 1.807) is 23.4 Å². The van der Waals surface area contributed by atoms with E-state index in [1.807, 2.05) is 11.2 Å². The van der Waals surface area contributed by atoms with Crippen molar-refractivity contribution in [3.05, 3.63) is 24.2 Å². The van der Waals surface area contributed by atoms with Gasteiger partial charge in [0.05, 0.1) is 18.6 Å². The lowest BCUT2D eigenvalue weighted by molar-refractivity contribution is 0.330. The van der Waals surface area contributed by atoms with Gasteiger partial charge in [-0.25, -0.2) is 9.97 Å². The molecule has 0 amide bonds. The summed E-state index contributed by atoms with van der Waals surface area (Å²) in [5.74, 6) is 0.699. The summed E-state index contributed by atoms with van der Waals surface area (Å²) in [6, 6.07) is 2.38. The molecule has 1 saturated heterocycles. The third-order valence-corrected chi connectivity index (χ3v) is 3.54. The zero-order valence-electron chi connectivity index (χ0n) is 10.3. The normalized spacial score (nSPS) is 15.1. The van der Waals surface area contributed by atoms with E-state index in [-0.39, 0.29) is 6.04 Å². The molecule has 0 bridgehead atoms. The van der Waals surface area contributed by atoms with Crippen LogP contribution in [0.4, 0.5) is 5.82 Å². The van der Waals surface area contributed by atoms with Crippen molar-refractivity contribution in [3.8, 4) is 6.07 Å². The molecule has 0 saturated carbocycles. The molecular weight excluding hydrogens is 262 g/mol. The lowest BCUT2D eigenvalue weighted by Gasteiger charge is -2.39.